The Morgan fingerprint density at radius 3 is 2.34 bits per heavy atom. The fourth-order valence-electron chi connectivity index (χ4n) is 3.73. The van der Waals surface area contributed by atoms with Crippen LogP contribution in [0.1, 0.15) is 23.2 Å². The number of halogens is 2. The number of Topliss-reactive ketones (excluding diaryl/α,β-unsaturated/α-hetero) is 1. The summed E-state index contributed by atoms with van der Waals surface area (Å²) in [6, 6.07) is 13.1. The third-order valence-corrected chi connectivity index (χ3v) is 5.54. The van der Waals surface area contributed by atoms with E-state index < -0.39 is 0 Å². The molecule has 2 N–H and O–H groups in total. The average molecular weight is 411 g/mol. The van der Waals surface area contributed by atoms with Gasteiger partial charge in [-0.2, -0.15) is 0 Å². The molecule has 0 aliphatic carbocycles. The Kier molecular flexibility index (Phi) is 5.45. The Balaban J connectivity index is 1.53. The largest absolute Gasteiger partial charge is 0.383 e. The highest BCUT2D eigenvalue weighted by Gasteiger charge is 2.28. The molecule has 0 amide bonds. The summed E-state index contributed by atoms with van der Waals surface area (Å²) in [5.74, 6) is 0.845. The lowest BCUT2D eigenvalue weighted by atomic mass is 9.88. The summed E-state index contributed by atoms with van der Waals surface area (Å²) < 4.78 is 13.3. The zero-order valence-electron chi connectivity index (χ0n) is 15.7. The fraction of sp³-hybridized carbons (Fsp3) is 0.227. The van der Waals surface area contributed by atoms with Crippen molar-refractivity contribution < 1.29 is 9.18 Å². The first kappa shape index (κ1) is 19.3. The van der Waals surface area contributed by atoms with Gasteiger partial charge in [-0.05, 0) is 54.8 Å². The Morgan fingerprint density at radius 2 is 1.69 bits per heavy atom. The van der Waals surface area contributed by atoms with Crippen LogP contribution in [0, 0.1) is 11.7 Å². The fourth-order valence-corrected chi connectivity index (χ4v) is 3.85. The molecule has 148 valence electrons. The number of carbonyl (C=O) groups excluding carboxylic acids is 1. The lowest BCUT2D eigenvalue weighted by Crippen LogP contribution is -2.37. The number of aromatic nitrogens is 2. The predicted octanol–water partition coefficient (Wildman–Crippen LogP) is 4.62. The van der Waals surface area contributed by atoms with Crippen LogP contribution >= 0.6 is 11.6 Å². The second-order valence-corrected chi connectivity index (χ2v) is 7.53. The molecule has 1 aromatic heterocycles. The number of carbonyl (C=O) groups is 1. The van der Waals surface area contributed by atoms with Crippen molar-refractivity contribution in [2.75, 3.05) is 23.7 Å². The van der Waals surface area contributed by atoms with Gasteiger partial charge in [0.25, 0.3) is 0 Å². The Labute approximate surface area is 173 Å². The molecule has 1 aliphatic rings. The zero-order chi connectivity index (χ0) is 20.4. The summed E-state index contributed by atoms with van der Waals surface area (Å²) in [5.41, 5.74) is 8.26. The number of hydrogen-bond acceptors (Lipinski definition) is 5. The van der Waals surface area contributed by atoms with E-state index in [2.05, 4.69) is 14.9 Å². The summed E-state index contributed by atoms with van der Waals surface area (Å²) in [7, 11) is 0. The number of nitrogens with zero attached hydrogens (tertiary/aromatic N) is 3. The normalized spacial score (nSPS) is 14.8. The smallest absolute Gasteiger partial charge is 0.166 e. The van der Waals surface area contributed by atoms with Crippen molar-refractivity contribution in [3.05, 3.63) is 71.3 Å². The van der Waals surface area contributed by atoms with E-state index in [0.717, 1.165) is 5.56 Å². The van der Waals surface area contributed by atoms with Crippen LogP contribution in [0.25, 0.3) is 11.1 Å². The van der Waals surface area contributed by atoms with Gasteiger partial charge in [-0.15, -0.1) is 0 Å². The molecular weight excluding hydrogens is 391 g/mol. The van der Waals surface area contributed by atoms with E-state index in [4.69, 9.17) is 17.3 Å². The van der Waals surface area contributed by atoms with Crippen molar-refractivity contribution in [2.24, 2.45) is 5.92 Å². The van der Waals surface area contributed by atoms with Crippen molar-refractivity contribution in [2.45, 2.75) is 12.8 Å². The third-order valence-electron chi connectivity index (χ3n) is 5.28. The molecule has 29 heavy (non-hydrogen) atoms. The number of nitrogen functional groups attached to an aromatic ring is 1. The quantitative estimate of drug-likeness (QED) is 0.635. The van der Waals surface area contributed by atoms with Crippen LogP contribution < -0.4 is 10.6 Å². The van der Waals surface area contributed by atoms with E-state index in [1.165, 1.54) is 18.5 Å². The van der Waals surface area contributed by atoms with Crippen LogP contribution in [0.4, 0.5) is 16.0 Å². The first-order valence-electron chi connectivity index (χ1n) is 9.44. The molecule has 0 unspecified atom stereocenters. The molecule has 0 saturated carbocycles. The molecule has 3 aromatic rings. The van der Waals surface area contributed by atoms with Crippen LogP contribution in [0.15, 0.2) is 54.9 Å². The molecule has 1 saturated heterocycles. The lowest BCUT2D eigenvalue weighted by Gasteiger charge is -2.33. The van der Waals surface area contributed by atoms with Gasteiger partial charge in [-0.1, -0.05) is 23.7 Å². The number of hydrogen-bond donors (Lipinski definition) is 1. The molecule has 0 atom stereocenters. The second-order valence-electron chi connectivity index (χ2n) is 7.10. The molecule has 0 spiro atoms. The maximum Gasteiger partial charge on any atom is 0.166 e. The van der Waals surface area contributed by atoms with Gasteiger partial charge in [0, 0.05) is 29.6 Å². The lowest BCUT2D eigenvalue weighted by molar-refractivity contribution is 0.0900. The highest BCUT2D eigenvalue weighted by Crippen LogP contribution is 2.35. The van der Waals surface area contributed by atoms with E-state index in [1.807, 2.05) is 0 Å². The monoisotopic (exact) mass is 410 g/mol. The van der Waals surface area contributed by atoms with Crippen molar-refractivity contribution in [3.63, 3.8) is 0 Å². The number of rotatable bonds is 4. The number of ketones is 1. The minimum atomic E-state index is -0.313. The Hall–Kier alpha value is -2.99. The SMILES string of the molecule is Nc1ncnc(N2CCC(C(=O)c3ccc(Cl)cc3)CC2)c1-c1ccc(F)cc1. The highest BCUT2D eigenvalue weighted by molar-refractivity contribution is 6.30. The minimum absolute atomic E-state index is 0.0409. The van der Waals surface area contributed by atoms with Crippen LogP contribution in [0.2, 0.25) is 5.02 Å². The molecule has 0 radical (unpaired) electrons. The maximum atomic E-state index is 13.3. The third kappa shape index (κ3) is 4.07. The summed E-state index contributed by atoms with van der Waals surface area (Å²) in [6.07, 6.45) is 2.87. The van der Waals surface area contributed by atoms with E-state index in [0.29, 0.717) is 53.7 Å². The first-order chi connectivity index (χ1) is 14.0. The predicted molar refractivity (Wildman–Crippen MR) is 113 cm³/mol. The van der Waals surface area contributed by atoms with Gasteiger partial charge >= 0.3 is 0 Å². The van der Waals surface area contributed by atoms with Crippen molar-refractivity contribution in [1.82, 2.24) is 9.97 Å². The topological polar surface area (TPSA) is 72.1 Å². The number of piperidine rings is 1. The molecule has 4 rings (SSSR count). The van der Waals surface area contributed by atoms with Crippen molar-refractivity contribution in [1.29, 1.82) is 0 Å². The molecule has 2 aromatic carbocycles. The molecule has 5 nitrogen and oxygen atoms in total. The average Bonchev–Trinajstić information content (AvgIpc) is 2.75. The van der Waals surface area contributed by atoms with Gasteiger partial charge in [0.15, 0.2) is 5.78 Å². The highest BCUT2D eigenvalue weighted by atomic mass is 35.5. The number of nitrogens with two attached hydrogens (primary N) is 1. The van der Waals surface area contributed by atoms with Crippen LogP contribution in [0.3, 0.4) is 0 Å². The van der Waals surface area contributed by atoms with Gasteiger partial charge in [-0.25, -0.2) is 14.4 Å². The Bertz CT molecular complexity index is 1020. The van der Waals surface area contributed by atoms with E-state index in [9.17, 15) is 9.18 Å². The van der Waals surface area contributed by atoms with Gasteiger partial charge in [0.1, 0.15) is 23.8 Å². The van der Waals surface area contributed by atoms with Crippen LogP contribution in [-0.2, 0) is 0 Å². The van der Waals surface area contributed by atoms with Gasteiger partial charge in [0.2, 0.25) is 0 Å². The summed E-state index contributed by atoms with van der Waals surface area (Å²) >= 11 is 5.91. The molecule has 2 heterocycles. The minimum Gasteiger partial charge on any atom is -0.383 e. The number of benzene rings is 2. The first-order valence-corrected chi connectivity index (χ1v) is 9.82. The van der Waals surface area contributed by atoms with Gasteiger partial charge in [0.05, 0.1) is 5.56 Å². The molecular formula is C22H20ClFN4O. The molecule has 0 bridgehead atoms. The molecule has 7 heteroatoms. The summed E-state index contributed by atoms with van der Waals surface area (Å²) in [5, 5.41) is 0.617. The van der Waals surface area contributed by atoms with Crippen LogP contribution in [0.5, 0.6) is 0 Å². The van der Waals surface area contributed by atoms with Gasteiger partial charge < -0.3 is 10.6 Å². The van der Waals surface area contributed by atoms with Gasteiger partial charge in [-0.3, -0.25) is 4.79 Å². The second kappa shape index (κ2) is 8.17. The molecule has 1 fully saturated rings. The van der Waals surface area contributed by atoms with Crippen molar-refractivity contribution in [3.8, 4) is 11.1 Å². The van der Waals surface area contributed by atoms with E-state index in [-0.39, 0.29) is 17.5 Å². The summed E-state index contributed by atoms with van der Waals surface area (Å²) in [4.78, 5) is 23.4. The van der Waals surface area contributed by atoms with E-state index in [1.54, 1.807) is 36.4 Å². The zero-order valence-corrected chi connectivity index (χ0v) is 16.4. The van der Waals surface area contributed by atoms with E-state index >= 15 is 0 Å². The Morgan fingerprint density at radius 1 is 1.03 bits per heavy atom. The molecule has 1 aliphatic heterocycles. The number of anilines is 2. The van der Waals surface area contributed by atoms with Crippen molar-refractivity contribution >= 4 is 29.0 Å². The summed E-state index contributed by atoms with van der Waals surface area (Å²) in [6.45, 7) is 1.35. The standard InChI is InChI=1S/C22H20ClFN4O/c23-17-5-1-15(2-6-17)20(29)16-9-11-28(12-10-16)22-19(21(25)26-13-27-22)14-3-7-18(24)8-4-14/h1-8,13,16H,9-12H2,(H2,25,26,27). The van der Waals surface area contributed by atoms with Crippen LogP contribution in [-0.4, -0.2) is 28.8 Å². The maximum absolute atomic E-state index is 13.3.